The summed E-state index contributed by atoms with van der Waals surface area (Å²) in [5.41, 5.74) is 1.21. The van der Waals surface area contributed by atoms with Crippen LogP contribution in [-0.4, -0.2) is 36.0 Å². The number of thioether (sulfide) groups is 1. The monoisotopic (exact) mass is 259 g/mol. The molecule has 2 unspecified atom stereocenters. The first kappa shape index (κ1) is 14.8. The summed E-state index contributed by atoms with van der Waals surface area (Å²) in [5, 5.41) is 3.97. The summed E-state index contributed by atoms with van der Waals surface area (Å²) in [4.78, 5) is 4.97. The Morgan fingerprint density at radius 2 is 2.12 bits per heavy atom. The van der Waals surface area contributed by atoms with E-state index in [1.54, 1.807) is 0 Å². The van der Waals surface area contributed by atoms with Crippen molar-refractivity contribution in [1.29, 1.82) is 0 Å². The SMILES string of the molecule is CCOC1CC2=NOCC2C1.CSC(C)(C)C. The van der Waals surface area contributed by atoms with Gasteiger partial charge >= 0.3 is 0 Å². The van der Waals surface area contributed by atoms with Crippen LogP contribution in [0.5, 0.6) is 0 Å². The lowest BCUT2D eigenvalue weighted by molar-refractivity contribution is 0.0558. The second kappa shape index (κ2) is 6.64. The Kier molecular flexibility index (Phi) is 5.80. The minimum atomic E-state index is 0.410. The molecule has 2 aliphatic rings. The molecule has 0 aromatic heterocycles. The lowest BCUT2D eigenvalue weighted by atomic mass is 10.1. The molecule has 0 spiro atoms. The van der Waals surface area contributed by atoms with E-state index in [0.717, 1.165) is 26.1 Å². The molecule has 0 bridgehead atoms. The van der Waals surface area contributed by atoms with Crippen LogP contribution in [0.4, 0.5) is 0 Å². The fourth-order valence-corrected chi connectivity index (χ4v) is 1.79. The van der Waals surface area contributed by atoms with E-state index >= 15 is 0 Å². The lowest BCUT2D eigenvalue weighted by Crippen LogP contribution is -2.09. The minimum Gasteiger partial charge on any atom is -0.395 e. The lowest BCUT2D eigenvalue weighted by Gasteiger charge is -2.12. The van der Waals surface area contributed by atoms with E-state index in [0.29, 0.717) is 16.8 Å². The van der Waals surface area contributed by atoms with Crippen LogP contribution < -0.4 is 0 Å². The summed E-state index contributed by atoms with van der Waals surface area (Å²) in [5.74, 6) is 0.562. The summed E-state index contributed by atoms with van der Waals surface area (Å²) in [6.45, 7) is 10.2. The molecule has 0 radical (unpaired) electrons. The van der Waals surface area contributed by atoms with Crippen molar-refractivity contribution in [2.75, 3.05) is 19.5 Å². The maximum Gasteiger partial charge on any atom is 0.125 e. The molecule has 1 aliphatic carbocycles. The molecule has 1 heterocycles. The summed E-state index contributed by atoms with van der Waals surface area (Å²) >= 11 is 1.88. The fraction of sp³-hybridized carbons (Fsp3) is 0.923. The van der Waals surface area contributed by atoms with Crippen molar-refractivity contribution in [3.05, 3.63) is 0 Å². The number of rotatable bonds is 2. The van der Waals surface area contributed by atoms with Gasteiger partial charge in [0.2, 0.25) is 0 Å². The number of fused-ring (bicyclic) bond motifs is 1. The van der Waals surface area contributed by atoms with Crippen LogP contribution >= 0.6 is 11.8 Å². The molecule has 4 heteroatoms. The van der Waals surface area contributed by atoms with Crippen molar-refractivity contribution < 1.29 is 9.57 Å². The van der Waals surface area contributed by atoms with Crippen LogP contribution in [0.15, 0.2) is 5.16 Å². The molecular formula is C13H25NO2S. The van der Waals surface area contributed by atoms with Crippen molar-refractivity contribution in [3.8, 4) is 0 Å². The Morgan fingerprint density at radius 3 is 2.59 bits per heavy atom. The predicted molar refractivity (Wildman–Crippen MR) is 74.8 cm³/mol. The molecule has 0 aromatic carbocycles. The first-order chi connectivity index (χ1) is 7.96. The topological polar surface area (TPSA) is 30.8 Å². The predicted octanol–water partition coefficient (Wildman–Crippen LogP) is 3.34. The first-order valence-electron chi connectivity index (χ1n) is 6.31. The Labute approximate surface area is 109 Å². The minimum absolute atomic E-state index is 0.410. The first-order valence-corrected chi connectivity index (χ1v) is 7.54. The third-order valence-corrected chi connectivity index (χ3v) is 4.15. The quantitative estimate of drug-likeness (QED) is 0.762. The molecular weight excluding hydrogens is 234 g/mol. The van der Waals surface area contributed by atoms with E-state index in [-0.39, 0.29) is 0 Å². The zero-order valence-corrected chi connectivity index (χ0v) is 12.5. The normalized spacial score (nSPS) is 26.8. The van der Waals surface area contributed by atoms with Gasteiger partial charge in [-0.25, -0.2) is 0 Å². The Hall–Kier alpha value is -0.220. The molecule has 2 atom stereocenters. The highest BCUT2D eigenvalue weighted by molar-refractivity contribution is 7.99. The number of oxime groups is 1. The highest BCUT2D eigenvalue weighted by atomic mass is 32.2. The number of hydrogen-bond donors (Lipinski definition) is 0. The van der Waals surface area contributed by atoms with Crippen molar-refractivity contribution in [2.45, 2.75) is 51.4 Å². The number of hydrogen-bond acceptors (Lipinski definition) is 4. The highest BCUT2D eigenvalue weighted by Crippen LogP contribution is 2.29. The second-order valence-electron chi connectivity index (χ2n) is 5.41. The number of nitrogens with zero attached hydrogens (tertiary/aromatic N) is 1. The van der Waals surface area contributed by atoms with Crippen LogP contribution in [0, 0.1) is 5.92 Å². The number of ether oxygens (including phenoxy) is 1. The second-order valence-corrected chi connectivity index (χ2v) is 7.04. The van der Waals surface area contributed by atoms with Gasteiger partial charge in [0.05, 0.1) is 11.8 Å². The molecule has 17 heavy (non-hydrogen) atoms. The van der Waals surface area contributed by atoms with E-state index in [9.17, 15) is 0 Å². The van der Waals surface area contributed by atoms with Gasteiger partial charge in [-0.15, -0.1) is 0 Å². The van der Waals surface area contributed by atoms with Gasteiger partial charge in [-0.05, 0) is 19.6 Å². The van der Waals surface area contributed by atoms with E-state index in [2.05, 4.69) is 32.2 Å². The largest absolute Gasteiger partial charge is 0.395 e. The van der Waals surface area contributed by atoms with Gasteiger partial charge in [0.1, 0.15) is 6.61 Å². The fourth-order valence-electron chi connectivity index (χ4n) is 1.79. The Morgan fingerprint density at radius 1 is 1.47 bits per heavy atom. The van der Waals surface area contributed by atoms with E-state index < -0.39 is 0 Å². The van der Waals surface area contributed by atoms with Crippen molar-refractivity contribution in [3.63, 3.8) is 0 Å². The van der Waals surface area contributed by atoms with Crippen molar-refractivity contribution >= 4 is 17.5 Å². The van der Waals surface area contributed by atoms with Crippen molar-refractivity contribution in [1.82, 2.24) is 0 Å². The third kappa shape index (κ3) is 5.30. The third-order valence-electron chi connectivity index (χ3n) is 2.93. The average molecular weight is 259 g/mol. The molecule has 0 saturated heterocycles. The van der Waals surface area contributed by atoms with Gasteiger partial charge in [0.15, 0.2) is 0 Å². The molecule has 2 rings (SSSR count). The standard InChI is InChI=1S/C8H13NO2.C5H12S/c1-2-10-7-3-6-5-11-9-8(6)4-7;1-5(2,3)6-4/h6-7H,2-5H2,1H3;1-4H3. The van der Waals surface area contributed by atoms with Gasteiger partial charge in [-0.2, -0.15) is 11.8 Å². The molecule has 1 fully saturated rings. The van der Waals surface area contributed by atoms with E-state index in [1.807, 2.05) is 18.7 Å². The average Bonchev–Trinajstić information content (AvgIpc) is 2.78. The molecule has 0 aromatic rings. The summed E-state index contributed by atoms with van der Waals surface area (Å²) in [6, 6.07) is 0. The summed E-state index contributed by atoms with van der Waals surface area (Å²) in [7, 11) is 0. The zero-order chi connectivity index (χ0) is 12.9. The molecule has 1 aliphatic heterocycles. The van der Waals surface area contributed by atoms with Gasteiger partial charge in [0, 0.05) is 23.7 Å². The molecule has 0 N–H and O–H groups in total. The van der Waals surface area contributed by atoms with Gasteiger partial charge in [-0.3, -0.25) is 0 Å². The molecule has 100 valence electrons. The van der Waals surface area contributed by atoms with Gasteiger partial charge in [0.25, 0.3) is 0 Å². The maximum atomic E-state index is 5.50. The Bertz CT molecular complexity index is 261. The van der Waals surface area contributed by atoms with E-state index in [1.165, 1.54) is 5.71 Å². The summed E-state index contributed by atoms with van der Waals surface area (Å²) in [6.07, 6.45) is 4.62. The van der Waals surface area contributed by atoms with Crippen LogP contribution in [0.1, 0.15) is 40.5 Å². The molecule has 1 saturated carbocycles. The van der Waals surface area contributed by atoms with Gasteiger partial charge in [-0.1, -0.05) is 25.9 Å². The maximum absolute atomic E-state index is 5.50. The smallest absolute Gasteiger partial charge is 0.125 e. The summed E-state index contributed by atoms with van der Waals surface area (Å²) < 4.78 is 5.96. The van der Waals surface area contributed by atoms with Crippen LogP contribution in [0.2, 0.25) is 0 Å². The molecule has 0 amide bonds. The van der Waals surface area contributed by atoms with Gasteiger partial charge < -0.3 is 9.57 Å². The Balaban J connectivity index is 0.000000209. The van der Waals surface area contributed by atoms with Crippen LogP contribution in [-0.2, 0) is 9.57 Å². The van der Waals surface area contributed by atoms with Crippen LogP contribution in [0.25, 0.3) is 0 Å². The van der Waals surface area contributed by atoms with E-state index in [4.69, 9.17) is 9.57 Å². The molecule has 3 nitrogen and oxygen atoms in total. The van der Waals surface area contributed by atoms with Crippen LogP contribution in [0.3, 0.4) is 0 Å². The highest BCUT2D eigenvalue weighted by Gasteiger charge is 2.35. The zero-order valence-electron chi connectivity index (χ0n) is 11.7. The van der Waals surface area contributed by atoms with Crippen molar-refractivity contribution in [2.24, 2.45) is 11.1 Å².